The van der Waals surface area contributed by atoms with Crippen LogP contribution in [0.4, 0.5) is 9.93 Å². The summed E-state index contributed by atoms with van der Waals surface area (Å²) >= 11 is 1.40. The van der Waals surface area contributed by atoms with Gasteiger partial charge < -0.3 is 0 Å². The summed E-state index contributed by atoms with van der Waals surface area (Å²) in [6, 6.07) is 2.29. The Morgan fingerprint density at radius 3 is 2.33 bits per heavy atom. The van der Waals surface area contributed by atoms with Gasteiger partial charge in [0.05, 0.1) is 24.6 Å². The maximum absolute atomic E-state index is 12.9. The summed E-state index contributed by atoms with van der Waals surface area (Å²) in [7, 11) is 0. The Morgan fingerprint density at radius 2 is 1.89 bits per heavy atom. The molecular formula is C19H33N5O2S. The lowest BCUT2D eigenvalue weighted by atomic mass is 9.71. The fraction of sp³-hybridized carbons (Fsp3) is 0.789. The first kappa shape index (κ1) is 23.3. The molecule has 7 nitrogen and oxygen atoms in total. The minimum absolute atomic E-state index is 0.0104. The number of aromatic nitrogens is 2. The normalized spacial score (nSPS) is 12.5. The van der Waals surface area contributed by atoms with E-state index in [1.165, 1.54) is 16.4 Å². The SMILES string of the molecule is CCCN(OCC)C(=O)N(CC)c1nnc(C(CC)C(C#N)(CC)CC)s1. The van der Waals surface area contributed by atoms with E-state index in [0.29, 0.717) is 24.8 Å². The average molecular weight is 396 g/mol. The van der Waals surface area contributed by atoms with Gasteiger partial charge in [0, 0.05) is 12.5 Å². The fourth-order valence-electron chi connectivity index (χ4n) is 3.32. The van der Waals surface area contributed by atoms with Gasteiger partial charge in [-0.3, -0.25) is 9.74 Å². The summed E-state index contributed by atoms with van der Waals surface area (Å²) < 4.78 is 0. The van der Waals surface area contributed by atoms with Crippen molar-refractivity contribution >= 4 is 22.5 Å². The molecule has 8 heteroatoms. The molecule has 1 aromatic heterocycles. The highest BCUT2D eigenvalue weighted by Crippen LogP contribution is 2.45. The van der Waals surface area contributed by atoms with Crippen molar-refractivity contribution in [3.05, 3.63) is 5.01 Å². The van der Waals surface area contributed by atoms with Crippen molar-refractivity contribution in [3.8, 4) is 6.07 Å². The zero-order valence-corrected chi connectivity index (χ0v) is 18.3. The lowest BCUT2D eigenvalue weighted by Crippen LogP contribution is -2.43. The lowest BCUT2D eigenvalue weighted by molar-refractivity contribution is -0.109. The van der Waals surface area contributed by atoms with E-state index in [-0.39, 0.29) is 11.9 Å². The Kier molecular flexibility index (Phi) is 9.67. The third kappa shape index (κ3) is 5.17. The Morgan fingerprint density at radius 1 is 1.22 bits per heavy atom. The van der Waals surface area contributed by atoms with E-state index in [0.717, 1.165) is 30.7 Å². The maximum atomic E-state index is 12.9. The third-order valence-electron chi connectivity index (χ3n) is 4.99. The molecule has 0 fully saturated rings. The van der Waals surface area contributed by atoms with Gasteiger partial charge >= 0.3 is 6.03 Å². The predicted octanol–water partition coefficient (Wildman–Crippen LogP) is 4.97. The van der Waals surface area contributed by atoms with Crippen LogP contribution in [0.15, 0.2) is 0 Å². The Bertz CT molecular complexity index is 618. The number of hydrogen-bond donors (Lipinski definition) is 0. The molecule has 0 N–H and O–H groups in total. The van der Waals surface area contributed by atoms with Crippen molar-refractivity contribution in [2.75, 3.05) is 24.6 Å². The van der Waals surface area contributed by atoms with E-state index < -0.39 is 5.41 Å². The van der Waals surface area contributed by atoms with Gasteiger partial charge in [0.1, 0.15) is 5.01 Å². The molecule has 0 aromatic carbocycles. The topological polar surface area (TPSA) is 82.3 Å². The molecule has 0 aliphatic carbocycles. The number of carbonyl (C=O) groups excluding carboxylic acids is 1. The monoisotopic (exact) mass is 395 g/mol. The molecule has 1 atom stereocenters. The number of nitrogens with zero attached hydrogens (tertiary/aromatic N) is 5. The summed E-state index contributed by atoms with van der Waals surface area (Å²) in [6.07, 6.45) is 3.14. The van der Waals surface area contributed by atoms with E-state index in [9.17, 15) is 10.1 Å². The fourth-order valence-corrected chi connectivity index (χ4v) is 4.52. The van der Waals surface area contributed by atoms with Crippen LogP contribution in [0.3, 0.4) is 0 Å². The molecule has 0 saturated carbocycles. The Hall–Kier alpha value is -1.72. The standard InChI is InChI=1S/C19H33N5O2S/c1-7-13-24(26-12-6)18(25)23(11-5)17-22-21-16(27-17)15(8-2)19(9-3,10-4)14-20/h15H,7-13H2,1-6H3. The van der Waals surface area contributed by atoms with Gasteiger partial charge in [-0.05, 0) is 39.5 Å². The number of carbonyl (C=O) groups is 1. The van der Waals surface area contributed by atoms with Gasteiger partial charge in [-0.2, -0.15) is 5.26 Å². The number of nitriles is 1. The van der Waals surface area contributed by atoms with E-state index >= 15 is 0 Å². The number of hydroxylamine groups is 2. The number of hydrogen-bond acceptors (Lipinski definition) is 6. The molecule has 152 valence electrons. The molecule has 0 radical (unpaired) electrons. The van der Waals surface area contributed by atoms with Crippen LogP contribution in [0, 0.1) is 16.7 Å². The first-order chi connectivity index (χ1) is 13.0. The lowest BCUT2D eigenvalue weighted by Gasteiger charge is -2.31. The zero-order chi connectivity index (χ0) is 20.4. The van der Waals surface area contributed by atoms with Crippen LogP contribution in [-0.2, 0) is 4.84 Å². The van der Waals surface area contributed by atoms with Crippen LogP contribution >= 0.6 is 11.3 Å². The summed E-state index contributed by atoms with van der Waals surface area (Å²) in [4.78, 5) is 20.0. The molecule has 1 heterocycles. The second-order valence-electron chi connectivity index (χ2n) is 6.41. The van der Waals surface area contributed by atoms with Crippen LogP contribution in [0.5, 0.6) is 0 Å². The molecule has 0 spiro atoms. The first-order valence-electron chi connectivity index (χ1n) is 9.94. The van der Waals surface area contributed by atoms with Crippen LogP contribution in [-0.4, -0.2) is 41.0 Å². The van der Waals surface area contributed by atoms with Gasteiger partial charge in [-0.15, -0.1) is 10.2 Å². The summed E-state index contributed by atoms with van der Waals surface area (Å²) in [6.45, 7) is 13.4. The molecule has 0 saturated heterocycles. The second kappa shape index (κ2) is 11.2. The smallest absolute Gasteiger partial charge is 0.270 e. The van der Waals surface area contributed by atoms with Crippen molar-refractivity contribution in [2.45, 2.75) is 73.1 Å². The number of urea groups is 1. The van der Waals surface area contributed by atoms with Crippen LogP contribution in [0.25, 0.3) is 0 Å². The molecule has 27 heavy (non-hydrogen) atoms. The van der Waals surface area contributed by atoms with E-state index in [1.807, 2.05) is 34.6 Å². The molecule has 1 rings (SSSR count). The van der Waals surface area contributed by atoms with Crippen LogP contribution < -0.4 is 4.90 Å². The van der Waals surface area contributed by atoms with Crippen LogP contribution in [0.1, 0.15) is 78.2 Å². The summed E-state index contributed by atoms with van der Waals surface area (Å²) in [5.41, 5.74) is -0.452. The second-order valence-corrected chi connectivity index (χ2v) is 7.39. The van der Waals surface area contributed by atoms with Crippen molar-refractivity contribution < 1.29 is 9.63 Å². The van der Waals surface area contributed by atoms with Crippen molar-refractivity contribution in [1.29, 1.82) is 5.26 Å². The highest BCUT2D eigenvalue weighted by molar-refractivity contribution is 7.15. The third-order valence-corrected chi connectivity index (χ3v) is 6.05. The van der Waals surface area contributed by atoms with E-state index in [2.05, 4.69) is 23.2 Å². The maximum Gasteiger partial charge on any atom is 0.350 e. The minimum atomic E-state index is -0.452. The first-order valence-corrected chi connectivity index (χ1v) is 10.8. The van der Waals surface area contributed by atoms with Gasteiger partial charge in [0.2, 0.25) is 5.13 Å². The molecular weight excluding hydrogens is 362 g/mol. The van der Waals surface area contributed by atoms with Crippen molar-refractivity contribution in [2.24, 2.45) is 5.41 Å². The molecule has 0 bridgehead atoms. The van der Waals surface area contributed by atoms with Crippen molar-refractivity contribution in [3.63, 3.8) is 0 Å². The largest absolute Gasteiger partial charge is 0.350 e. The van der Waals surface area contributed by atoms with E-state index in [4.69, 9.17) is 4.84 Å². The molecule has 0 aliphatic rings. The van der Waals surface area contributed by atoms with Crippen molar-refractivity contribution in [1.82, 2.24) is 15.3 Å². The number of rotatable bonds is 11. The average Bonchev–Trinajstić information content (AvgIpc) is 3.15. The van der Waals surface area contributed by atoms with Gasteiger partial charge in [-0.1, -0.05) is 39.0 Å². The van der Waals surface area contributed by atoms with Gasteiger partial charge in [-0.25, -0.2) is 9.86 Å². The zero-order valence-electron chi connectivity index (χ0n) is 17.5. The predicted molar refractivity (Wildman–Crippen MR) is 109 cm³/mol. The highest BCUT2D eigenvalue weighted by Gasteiger charge is 2.38. The molecule has 2 amide bonds. The summed E-state index contributed by atoms with van der Waals surface area (Å²) in [5.74, 6) is 0.0104. The molecule has 1 unspecified atom stereocenters. The quantitative estimate of drug-likeness (QED) is 0.494. The summed E-state index contributed by atoms with van der Waals surface area (Å²) in [5, 5.41) is 21.2. The Labute approximate surface area is 167 Å². The van der Waals surface area contributed by atoms with Gasteiger partial charge in [0.25, 0.3) is 0 Å². The Balaban J connectivity index is 3.17. The number of amides is 2. The highest BCUT2D eigenvalue weighted by atomic mass is 32.1. The number of anilines is 1. The van der Waals surface area contributed by atoms with Crippen LogP contribution in [0.2, 0.25) is 0 Å². The molecule has 1 aromatic rings. The minimum Gasteiger partial charge on any atom is -0.270 e. The van der Waals surface area contributed by atoms with Gasteiger partial charge in [0.15, 0.2) is 0 Å². The van der Waals surface area contributed by atoms with E-state index in [1.54, 1.807) is 4.90 Å². The molecule has 0 aliphatic heterocycles.